The molecule has 1 aliphatic carbocycles. The Kier molecular flexibility index (Phi) is 6.13. The summed E-state index contributed by atoms with van der Waals surface area (Å²) < 4.78 is 10.5. The first-order valence-corrected chi connectivity index (χ1v) is 9.32. The van der Waals surface area contributed by atoms with Gasteiger partial charge in [0.2, 0.25) is 0 Å². The van der Waals surface area contributed by atoms with Gasteiger partial charge in [-0.25, -0.2) is 4.79 Å². The fourth-order valence-electron chi connectivity index (χ4n) is 3.39. The molecule has 2 aliphatic rings. The molecule has 0 unspecified atom stereocenters. The number of imide groups is 2. The number of ether oxygens (including phenoxy) is 2. The number of nitrogens with one attached hydrogen (secondary N) is 1. The van der Waals surface area contributed by atoms with Crippen molar-refractivity contribution in [1.29, 1.82) is 0 Å². The molecule has 1 aromatic rings. The van der Waals surface area contributed by atoms with Crippen molar-refractivity contribution < 1.29 is 23.9 Å². The molecule has 0 bridgehead atoms. The lowest BCUT2D eigenvalue weighted by atomic mass is 9.97. The number of carbonyl (C=O) groups is 3. The molecule has 4 amide bonds. The average molecular weight is 384 g/mol. The van der Waals surface area contributed by atoms with Crippen molar-refractivity contribution in [3.05, 3.63) is 41.0 Å². The maximum absolute atomic E-state index is 12.9. The minimum absolute atomic E-state index is 0.108. The largest absolute Gasteiger partial charge is 0.497 e. The average Bonchev–Trinajstić information content (AvgIpc) is 2.71. The lowest BCUT2D eigenvalue weighted by molar-refractivity contribution is -0.130. The molecule has 1 fully saturated rings. The van der Waals surface area contributed by atoms with Gasteiger partial charge in [0.05, 0.1) is 14.2 Å². The normalized spacial score (nSPS) is 18.8. The Morgan fingerprint density at radius 3 is 2.64 bits per heavy atom. The number of urea groups is 1. The van der Waals surface area contributed by atoms with E-state index >= 15 is 0 Å². The molecule has 7 heteroatoms. The second-order valence-electron chi connectivity index (χ2n) is 6.74. The van der Waals surface area contributed by atoms with Crippen molar-refractivity contribution in [1.82, 2.24) is 10.2 Å². The first-order chi connectivity index (χ1) is 13.5. The third kappa shape index (κ3) is 4.24. The monoisotopic (exact) mass is 384 g/mol. The van der Waals surface area contributed by atoms with Crippen LogP contribution in [0.2, 0.25) is 0 Å². The minimum Gasteiger partial charge on any atom is -0.497 e. The zero-order valence-corrected chi connectivity index (χ0v) is 16.1. The molecule has 0 saturated carbocycles. The number of nitrogens with zero attached hydrogens (tertiary/aromatic N) is 1. The number of rotatable bonds is 6. The van der Waals surface area contributed by atoms with E-state index < -0.39 is 17.8 Å². The molecule has 1 heterocycles. The molecule has 28 heavy (non-hydrogen) atoms. The molecule has 1 saturated heterocycles. The Morgan fingerprint density at radius 2 is 1.96 bits per heavy atom. The molecule has 0 radical (unpaired) electrons. The molecular weight excluding hydrogens is 360 g/mol. The van der Waals surface area contributed by atoms with E-state index in [4.69, 9.17) is 9.47 Å². The highest BCUT2D eigenvalue weighted by molar-refractivity contribution is 6.31. The fraction of sp³-hybridized carbons (Fsp3) is 0.381. The molecule has 148 valence electrons. The Morgan fingerprint density at radius 1 is 1.14 bits per heavy atom. The number of methoxy groups -OCH3 is 2. The number of hydrogen-bond acceptors (Lipinski definition) is 5. The summed E-state index contributed by atoms with van der Waals surface area (Å²) in [5.41, 5.74) is 1.66. The Bertz CT molecular complexity index is 856. The van der Waals surface area contributed by atoms with Crippen molar-refractivity contribution in [2.45, 2.75) is 32.1 Å². The summed E-state index contributed by atoms with van der Waals surface area (Å²) in [5.74, 6) is -0.263. The summed E-state index contributed by atoms with van der Waals surface area (Å²) in [7, 11) is 3.03. The molecular formula is C21H24N2O5. The molecule has 1 aromatic carbocycles. The van der Waals surface area contributed by atoms with Gasteiger partial charge in [0.1, 0.15) is 17.1 Å². The van der Waals surface area contributed by atoms with Crippen LogP contribution in [0.1, 0.15) is 37.7 Å². The Hall–Kier alpha value is -3.09. The molecule has 0 aromatic heterocycles. The zero-order chi connectivity index (χ0) is 20.1. The predicted octanol–water partition coefficient (Wildman–Crippen LogP) is 3.06. The summed E-state index contributed by atoms with van der Waals surface area (Å²) >= 11 is 0. The number of amides is 4. The number of benzene rings is 1. The molecule has 1 aliphatic heterocycles. The van der Waals surface area contributed by atoms with Gasteiger partial charge >= 0.3 is 6.03 Å². The number of barbiturate groups is 1. The predicted molar refractivity (Wildman–Crippen MR) is 104 cm³/mol. The summed E-state index contributed by atoms with van der Waals surface area (Å²) in [5, 5.41) is 2.25. The standard InChI is InChI=1S/C21H24N2O5/c1-27-16-8-9-18(28-2)15(12-16)13-17-19(24)22-21(26)23(20(17)25)11-10-14-6-4-3-5-7-14/h6,8-9,12-13H,3-5,7,10-11H2,1-2H3,(H,22,24,26)/b17-13-. The van der Waals surface area contributed by atoms with Crippen molar-refractivity contribution in [2.75, 3.05) is 20.8 Å². The maximum Gasteiger partial charge on any atom is 0.331 e. The lowest BCUT2D eigenvalue weighted by Crippen LogP contribution is -2.54. The van der Waals surface area contributed by atoms with Crippen LogP contribution in [0.25, 0.3) is 6.08 Å². The van der Waals surface area contributed by atoms with E-state index in [1.54, 1.807) is 18.2 Å². The highest BCUT2D eigenvalue weighted by Crippen LogP contribution is 2.27. The van der Waals surface area contributed by atoms with E-state index in [0.29, 0.717) is 23.5 Å². The second kappa shape index (κ2) is 8.73. The Labute approximate surface area is 164 Å². The van der Waals surface area contributed by atoms with Gasteiger partial charge in [-0.2, -0.15) is 0 Å². The third-order valence-corrected chi connectivity index (χ3v) is 4.96. The number of carbonyl (C=O) groups excluding carboxylic acids is 3. The van der Waals surface area contributed by atoms with Gasteiger partial charge in [0.25, 0.3) is 11.8 Å². The highest BCUT2D eigenvalue weighted by atomic mass is 16.5. The van der Waals surface area contributed by atoms with Gasteiger partial charge in [-0.05, 0) is 56.4 Å². The van der Waals surface area contributed by atoms with Crippen molar-refractivity contribution in [2.24, 2.45) is 0 Å². The number of allylic oxidation sites excluding steroid dienone is 1. The first kappa shape index (κ1) is 19.7. The summed E-state index contributed by atoms with van der Waals surface area (Å²) in [4.78, 5) is 38.4. The van der Waals surface area contributed by atoms with Crippen LogP contribution in [0.4, 0.5) is 4.79 Å². The first-order valence-electron chi connectivity index (χ1n) is 9.32. The van der Waals surface area contributed by atoms with E-state index in [-0.39, 0.29) is 12.1 Å². The van der Waals surface area contributed by atoms with E-state index in [9.17, 15) is 14.4 Å². The smallest absolute Gasteiger partial charge is 0.331 e. The van der Waals surface area contributed by atoms with Crippen LogP contribution in [0.5, 0.6) is 11.5 Å². The quantitative estimate of drug-likeness (QED) is 0.463. The van der Waals surface area contributed by atoms with Gasteiger partial charge in [0, 0.05) is 12.1 Å². The van der Waals surface area contributed by atoms with Crippen LogP contribution in [-0.2, 0) is 9.59 Å². The van der Waals surface area contributed by atoms with Crippen LogP contribution in [0.3, 0.4) is 0 Å². The van der Waals surface area contributed by atoms with Crippen molar-refractivity contribution in [3.8, 4) is 11.5 Å². The van der Waals surface area contributed by atoms with Gasteiger partial charge in [-0.15, -0.1) is 0 Å². The van der Waals surface area contributed by atoms with Crippen LogP contribution in [0.15, 0.2) is 35.4 Å². The third-order valence-electron chi connectivity index (χ3n) is 4.96. The highest BCUT2D eigenvalue weighted by Gasteiger charge is 2.35. The van der Waals surface area contributed by atoms with Crippen LogP contribution >= 0.6 is 0 Å². The molecule has 7 nitrogen and oxygen atoms in total. The molecule has 0 spiro atoms. The van der Waals surface area contributed by atoms with E-state index in [2.05, 4.69) is 11.4 Å². The van der Waals surface area contributed by atoms with Crippen LogP contribution < -0.4 is 14.8 Å². The topological polar surface area (TPSA) is 84.9 Å². The van der Waals surface area contributed by atoms with E-state index in [0.717, 1.165) is 24.2 Å². The fourth-order valence-corrected chi connectivity index (χ4v) is 3.39. The molecule has 1 N–H and O–H groups in total. The van der Waals surface area contributed by atoms with E-state index in [1.807, 2.05) is 0 Å². The van der Waals surface area contributed by atoms with Gasteiger partial charge in [-0.3, -0.25) is 19.8 Å². The van der Waals surface area contributed by atoms with Crippen LogP contribution in [-0.4, -0.2) is 43.5 Å². The van der Waals surface area contributed by atoms with Crippen molar-refractivity contribution >= 4 is 23.9 Å². The van der Waals surface area contributed by atoms with E-state index in [1.165, 1.54) is 32.3 Å². The minimum atomic E-state index is -0.715. The second-order valence-corrected chi connectivity index (χ2v) is 6.74. The molecule has 3 rings (SSSR count). The van der Waals surface area contributed by atoms with Crippen LogP contribution in [0, 0.1) is 0 Å². The SMILES string of the molecule is COc1ccc(OC)c(/C=C2/C(=O)NC(=O)N(CCC3=CCCCC3)C2=O)c1. The summed E-state index contributed by atoms with van der Waals surface area (Å²) in [6.45, 7) is 0.246. The zero-order valence-electron chi connectivity index (χ0n) is 16.1. The summed E-state index contributed by atoms with van der Waals surface area (Å²) in [6.07, 6.45) is 8.57. The lowest BCUT2D eigenvalue weighted by Gasteiger charge is -2.27. The van der Waals surface area contributed by atoms with Crippen molar-refractivity contribution in [3.63, 3.8) is 0 Å². The Balaban J connectivity index is 1.85. The number of hydrogen-bond donors (Lipinski definition) is 1. The maximum atomic E-state index is 12.9. The van der Waals surface area contributed by atoms with Gasteiger partial charge < -0.3 is 9.47 Å². The van der Waals surface area contributed by atoms with Gasteiger partial charge in [0.15, 0.2) is 0 Å². The van der Waals surface area contributed by atoms with Gasteiger partial charge in [-0.1, -0.05) is 11.6 Å². The summed E-state index contributed by atoms with van der Waals surface area (Å²) in [6, 6.07) is 4.40. The molecule has 0 atom stereocenters.